The van der Waals surface area contributed by atoms with Gasteiger partial charge < -0.3 is 10.6 Å². The van der Waals surface area contributed by atoms with Crippen molar-refractivity contribution in [3.63, 3.8) is 0 Å². The van der Waals surface area contributed by atoms with Crippen molar-refractivity contribution in [2.24, 2.45) is 12.0 Å². The Morgan fingerprint density at radius 1 is 1.33 bits per heavy atom. The molecule has 0 spiro atoms. The zero-order valence-electron chi connectivity index (χ0n) is 17.8. The van der Waals surface area contributed by atoms with Gasteiger partial charge in [-0.05, 0) is 46.1 Å². The number of hydrogen-bond acceptors (Lipinski definition) is 4. The minimum absolute atomic E-state index is 0.201. The van der Waals surface area contributed by atoms with Crippen molar-refractivity contribution in [1.29, 1.82) is 0 Å². The van der Waals surface area contributed by atoms with E-state index >= 15 is 0 Å². The predicted molar refractivity (Wildman–Crippen MR) is 112 cm³/mol. The second-order valence-corrected chi connectivity index (χ2v) is 8.87. The van der Waals surface area contributed by atoms with Crippen LogP contribution in [0.3, 0.4) is 0 Å². The van der Waals surface area contributed by atoms with Crippen molar-refractivity contribution in [2.75, 3.05) is 32.4 Å². The standard InChI is InChI=1S/C18H36N6O2S/c1-8-19-18(20-11-10-12-24(9-2)27(7,25)26)21-14(3)13-17-15(4)22-23(6)16(17)5/h14H,8-13H2,1-7H3,(H2,19,20,21). The predicted octanol–water partition coefficient (Wildman–Crippen LogP) is 1.19. The summed E-state index contributed by atoms with van der Waals surface area (Å²) in [5, 5.41) is 11.2. The Kier molecular flexibility index (Phi) is 9.25. The number of rotatable bonds is 10. The van der Waals surface area contributed by atoms with Gasteiger partial charge in [-0.2, -0.15) is 5.10 Å². The average Bonchev–Trinajstić information content (AvgIpc) is 2.80. The zero-order valence-corrected chi connectivity index (χ0v) is 18.7. The highest BCUT2D eigenvalue weighted by molar-refractivity contribution is 7.88. The molecule has 0 saturated heterocycles. The molecule has 27 heavy (non-hydrogen) atoms. The summed E-state index contributed by atoms with van der Waals surface area (Å²) in [7, 11) is -1.18. The van der Waals surface area contributed by atoms with Crippen LogP contribution in [0.25, 0.3) is 0 Å². The minimum atomic E-state index is -3.14. The van der Waals surface area contributed by atoms with Crippen molar-refractivity contribution in [3.05, 3.63) is 17.0 Å². The first-order valence-corrected chi connectivity index (χ1v) is 11.4. The van der Waals surface area contributed by atoms with E-state index in [9.17, 15) is 8.42 Å². The lowest BCUT2D eigenvalue weighted by Gasteiger charge is -2.19. The largest absolute Gasteiger partial charge is 0.357 e. The van der Waals surface area contributed by atoms with Gasteiger partial charge in [0.15, 0.2) is 5.96 Å². The molecule has 1 rings (SSSR count). The van der Waals surface area contributed by atoms with E-state index in [2.05, 4.69) is 34.6 Å². The van der Waals surface area contributed by atoms with Gasteiger partial charge >= 0.3 is 0 Å². The molecule has 0 aliphatic heterocycles. The van der Waals surface area contributed by atoms with Crippen molar-refractivity contribution in [2.45, 2.75) is 53.5 Å². The number of aromatic nitrogens is 2. The maximum absolute atomic E-state index is 11.6. The van der Waals surface area contributed by atoms with E-state index in [4.69, 9.17) is 0 Å². The molecule has 0 fully saturated rings. The fourth-order valence-electron chi connectivity index (χ4n) is 3.02. The van der Waals surface area contributed by atoms with Gasteiger partial charge in [0.05, 0.1) is 11.9 Å². The van der Waals surface area contributed by atoms with Crippen LogP contribution in [0.5, 0.6) is 0 Å². The zero-order chi connectivity index (χ0) is 20.6. The van der Waals surface area contributed by atoms with Gasteiger partial charge in [0.2, 0.25) is 10.0 Å². The van der Waals surface area contributed by atoms with E-state index < -0.39 is 10.0 Å². The highest BCUT2D eigenvalue weighted by Gasteiger charge is 2.15. The summed E-state index contributed by atoms with van der Waals surface area (Å²) in [4.78, 5) is 4.59. The molecule has 1 atom stereocenters. The van der Waals surface area contributed by atoms with E-state index in [1.807, 2.05) is 32.5 Å². The first-order chi connectivity index (χ1) is 12.6. The Morgan fingerprint density at radius 3 is 2.48 bits per heavy atom. The molecule has 0 aliphatic rings. The topological polar surface area (TPSA) is 91.6 Å². The van der Waals surface area contributed by atoms with Crippen LogP contribution in [0.4, 0.5) is 0 Å². The Balaban J connectivity index is 2.62. The molecule has 1 aromatic rings. The molecule has 0 saturated carbocycles. The van der Waals surface area contributed by atoms with Gasteiger partial charge in [-0.25, -0.2) is 12.7 Å². The van der Waals surface area contributed by atoms with E-state index in [1.165, 1.54) is 21.8 Å². The number of nitrogens with zero attached hydrogens (tertiary/aromatic N) is 4. The maximum atomic E-state index is 11.6. The summed E-state index contributed by atoms with van der Waals surface area (Å²) >= 11 is 0. The molecule has 2 N–H and O–H groups in total. The Labute approximate surface area is 164 Å². The van der Waals surface area contributed by atoms with Crippen LogP contribution in [0.2, 0.25) is 0 Å². The lowest BCUT2D eigenvalue weighted by atomic mass is 10.1. The summed E-state index contributed by atoms with van der Waals surface area (Å²) < 4.78 is 26.6. The molecule has 0 amide bonds. The third-order valence-corrected chi connectivity index (χ3v) is 5.93. The van der Waals surface area contributed by atoms with Gasteiger partial charge in [-0.3, -0.25) is 9.67 Å². The summed E-state index contributed by atoms with van der Waals surface area (Å²) in [5.74, 6) is 0.756. The number of aliphatic imine (C=N–C) groups is 1. The third kappa shape index (κ3) is 7.50. The second kappa shape index (κ2) is 10.7. The summed E-state index contributed by atoms with van der Waals surface area (Å²) in [6.07, 6.45) is 2.80. The Bertz CT molecular complexity index is 726. The normalized spacial score (nSPS) is 13.9. The quantitative estimate of drug-likeness (QED) is 0.350. The molecule has 8 nitrogen and oxygen atoms in total. The van der Waals surface area contributed by atoms with Gasteiger partial charge in [-0.15, -0.1) is 0 Å². The second-order valence-electron chi connectivity index (χ2n) is 6.89. The van der Waals surface area contributed by atoms with Crippen LogP contribution in [0, 0.1) is 13.8 Å². The molecule has 1 aromatic heterocycles. The number of aryl methyl sites for hydroxylation is 2. The maximum Gasteiger partial charge on any atom is 0.211 e. The van der Waals surface area contributed by atoms with Crippen LogP contribution < -0.4 is 10.6 Å². The van der Waals surface area contributed by atoms with Gasteiger partial charge in [0.1, 0.15) is 0 Å². The van der Waals surface area contributed by atoms with Crippen molar-refractivity contribution < 1.29 is 8.42 Å². The van der Waals surface area contributed by atoms with Gasteiger partial charge in [0.25, 0.3) is 0 Å². The van der Waals surface area contributed by atoms with Crippen LogP contribution >= 0.6 is 0 Å². The van der Waals surface area contributed by atoms with E-state index in [-0.39, 0.29) is 6.04 Å². The highest BCUT2D eigenvalue weighted by Crippen LogP contribution is 2.14. The summed E-state index contributed by atoms with van der Waals surface area (Å²) in [6.45, 7) is 12.4. The summed E-state index contributed by atoms with van der Waals surface area (Å²) in [6, 6.07) is 0.201. The fraction of sp³-hybridized carbons (Fsp3) is 0.778. The number of nitrogens with one attached hydrogen (secondary N) is 2. The van der Waals surface area contributed by atoms with Crippen molar-refractivity contribution >= 4 is 16.0 Å². The number of hydrogen-bond donors (Lipinski definition) is 2. The molecule has 0 bridgehead atoms. The van der Waals surface area contributed by atoms with Gasteiger partial charge in [-0.1, -0.05) is 6.92 Å². The Hall–Kier alpha value is -1.61. The molecule has 0 aromatic carbocycles. The van der Waals surface area contributed by atoms with Crippen LogP contribution in [0.1, 0.15) is 44.1 Å². The lowest BCUT2D eigenvalue weighted by Crippen LogP contribution is -2.43. The van der Waals surface area contributed by atoms with Crippen molar-refractivity contribution in [1.82, 2.24) is 24.7 Å². The molecule has 0 aliphatic carbocycles. The van der Waals surface area contributed by atoms with Crippen LogP contribution in [0.15, 0.2) is 4.99 Å². The SMILES string of the molecule is CCNC(=NCCCN(CC)S(C)(=O)=O)NC(C)Cc1c(C)nn(C)c1C. The number of sulfonamides is 1. The Morgan fingerprint density at radius 2 is 2.00 bits per heavy atom. The molecule has 1 heterocycles. The molecular formula is C18H36N6O2S. The monoisotopic (exact) mass is 400 g/mol. The molecule has 9 heteroatoms. The van der Waals surface area contributed by atoms with E-state index in [1.54, 1.807) is 0 Å². The van der Waals surface area contributed by atoms with E-state index in [0.717, 1.165) is 24.6 Å². The molecule has 1 unspecified atom stereocenters. The molecule has 0 radical (unpaired) electrons. The molecule has 156 valence electrons. The third-order valence-electron chi connectivity index (χ3n) is 4.55. The first-order valence-electron chi connectivity index (χ1n) is 9.59. The number of guanidine groups is 1. The smallest absolute Gasteiger partial charge is 0.211 e. The first kappa shape index (κ1) is 23.4. The fourth-order valence-corrected chi connectivity index (χ4v) is 3.95. The lowest BCUT2D eigenvalue weighted by molar-refractivity contribution is 0.427. The van der Waals surface area contributed by atoms with Crippen LogP contribution in [-0.2, 0) is 23.5 Å². The minimum Gasteiger partial charge on any atom is -0.357 e. The van der Waals surface area contributed by atoms with E-state index in [0.29, 0.717) is 26.1 Å². The van der Waals surface area contributed by atoms with Crippen LogP contribution in [-0.4, -0.2) is 66.9 Å². The highest BCUT2D eigenvalue weighted by atomic mass is 32.2. The average molecular weight is 401 g/mol. The summed E-state index contributed by atoms with van der Waals surface area (Å²) in [5.41, 5.74) is 3.51. The molecular weight excluding hydrogens is 364 g/mol. The van der Waals surface area contributed by atoms with Gasteiger partial charge in [0, 0.05) is 45.0 Å². The van der Waals surface area contributed by atoms with Crippen molar-refractivity contribution in [3.8, 4) is 0 Å².